The summed E-state index contributed by atoms with van der Waals surface area (Å²) < 4.78 is 30.0. The number of halogens is 1. The Kier molecular flexibility index (Phi) is 6.24. The van der Waals surface area contributed by atoms with Crippen LogP contribution in [0.25, 0.3) is 5.76 Å². The van der Waals surface area contributed by atoms with E-state index >= 15 is 0 Å². The zero-order valence-corrected chi connectivity index (χ0v) is 18.2. The standard InChI is InChI=1S/C24H24FNO7/c1-31-18-8-6-14(25)11-16(18)22(28)20-21(13-5-7-19(32-2)17(27)10-13)26(24(30)23(20)29)12-15-4-3-9-33-15/h5-8,10-11,15,21,27-28H,3-4,9,12H2,1-2H3/b22-20+. The number of aliphatic hydroxyl groups excluding tert-OH is 1. The Bertz CT molecular complexity index is 1120. The highest BCUT2D eigenvalue weighted by atomic mass is 19.1. The third-order valence-electron chi connectivity index (χ3n) is 5.90. The fourth-order valence-electron chi connectivity index (χ4n) is 4.31. The average Bonchev–Trinajstić information content (AvgIpc) is 3.41. The number of rotatable bonds is 6. The smallest absolute Gasteiger partial charge is 0.295 e. The van der Waals surface area contributed by atoms with Crippen LogP contribution in [0.4, 0.5) is 4.39 Å². The van der Waals surface area contributed by atoms with Crippen LogP contribution in [0.15, 0.2) is 42.0 Å². The Morgan fingerprint density at radius 3 is 2.52 bits per heavy atom. The van der Waals surface area contributed by atoms with Gasteiger partial charge in [0.1, 0.15) is 17.3 Å². The normalized spacial score (nSPS) is 22.1. The molecule has 33 heavy (non-hydrogen) atoms. The second-order valence-corrected chi connectivity index (χ2v) is 7.86. The van der Waals surface area contributed by atoms with E-state index in [2.05, 4.69) is 0 Å². The largest absolute Gasteiger partial charge is 0.507 e. The Balaban J connectivity index is 1.89. The SMILES string of the molecule is COc1ccc(C2/C(=C(\O)c3cc(F)ccc3OC)C(=O)C(=O)N2CC2CCCO2)cc1O. The van der Waals surface area contributed by atoms with Crippen LogP contribution in [-0.4, -0.2) is 60.3 Å². The molecular weight excluding hydrogens is 433 g/mol. The third-order valence-corrected chi connectivity index (χ3v) is 5.90. The van der Waals surface area contributed by atoms with E-state index in [4.69, 9.17) is 14.2 Å². The van der Waals surface area contributed by atoms with Crippen molar-refractivity contribution in [1.29, 1.82) is 0 Å². The first-order chi connectivity index (χ1) is 15.8. The molecule has 1 amide bonds. The number of amides is 1. The van der Waals surface area contributed by atoms with Gasteiger partial charge >= 0.3 is 0 Å². The number of phenolic OH excluding ortho intramolecular Hbond substituents is 1. The molecule has 0 aromatic heterocycles. The molecule has 2 atom stereocenters. The van der Waals surface area contributed by atoms with Crippen molar-refractivity contribution in [3.63, 3.8) is 0 Å². The molecule has 2 fully saturated rings. The maximum Gasteiger partial charge on any atom is 0.295 e. The first kappa shape index (κ1) is 22.6. The first-order valence-corrected chi connectivity index (χ1v) is 10.5. The number of Topliss-reactive ketones (excluding diaryl/α,β-unsaturated/α-hetero) is 1. The van der Waals surface area contributed by atoms with Crippen LogP contribution in [0.2, 0.25) is 0 Å². The fraction of sp³-hybridized carbons (Fsp3) is 0.333. The van der Waals surface area contributed by atoms with Gasteiger partial charge in [-0.2, -0.15) is 0 Å². The molecule has 2 unspecified atom stereocenters. The molecule has 2 heterocycles. The molecule has 0 radical (unpaired) electrons. The van der Waals surface area contributed by atoms with Crippen molar-refractivity contribution < 1.29 is 38.4 Å². The van der Waals surface area contributed by atoms with Crippen LogP contribution in [0.5, 0.6) is 17.2 Å². The van der Waals surface area contributed by atoms with E-state index in [-0.39, 0.29) is 41.0 Å². The summed E-state index contributed by atoms with van der Waals surface area (Å²) >= 11 is 0. The summed E-state index contributed by atoms with van der Waals surface area (Å²) in [6.07, 6.45) is 1.30. The van der Waals surface area contributed by atoms with Gasteiger partial charge in [-0.25, -0.2) is 4.39 Å². The van der Waals surface area contributed by atoms with E-state index in [0.29, 0.717) is 12.2 Å². The van der Waals surface area contributed by atoms with E-state index in [1.54, 1.807) is 6.07 Å². The first-order valence-electron chi connectivity index (χ1n) is 10.5. The van der Waals surface area contributed by atoms with Gasteiger partial charge < -0.3 is 29.3 Å². The van der Waals surface area contributed by atoms with Crippen molar-refractivity contribution in [2.75, 3.05) is 27.4 Å². The summed E-state index contributed by atoms with van der Waals surface area (Å²) in [6, 6.07) is 6.94. The van der Waals surface area contributed by atoms with E-state index in [0.717, 1.165) is 25.0 Å². The van der Waals surface area contributed by atoms with E-state index < -0.39 is 29.3 Å². The number of aliphatic hydroxyl groups is 1. The Hall–Kier alpha value is -3.59. The summed E-state index contributed by atoms with van der Waals surface area (Å²) in [7, 11) is 2.74. The number of phenols is 1. The number of likely N-dealkylation sites (tertiary alicyclic amines) is 1. The number of carbonyl (C=O) groups is 2. The molecule has 2 aromatic carbocycles. The number of carbonyl (C=O) groups excluding carboxylic acids is 2. The highest BCUT2D eigenvalue weighted by Crippen LogP contribution is 2.43. The van der Waals surface area contributed by atoms with Gasteiger partial charge in [-0.1, -0.05) is 6.07 Å². The minimum absolute atomic E-state index is 0.0599. The average molecular weight is 457 g/mol. The Morgan fingerprint density at radius 2 is 1.88 bits per heavy atom. The second-order valence-electron chi connectivity index (χ2n) is 7.86. The molecule has 2 aromatic rings. The van der Waals surface area contributed by atoms with Gasteiger partial charge in [-0.3, -0.25) is 9.59 Å². The zero-order valence-electron chi connectivity index (χ0n) is 18.2. The third kappa shape index (κ3) is 4.11. The van der Waals surface area contributed by atoms with Crippen LogP contribution >= 0.6 is 0 Å². The summed E-state index contributed by atoms with van der Waals surface area (Å²) in [5.41, 5.74) is 0.0873. The van der Waals surface area contributed by atoms with Gasteiger partial charge in [0.25, 0.3) is 11.7 Å². The minimum atomic E-state index is -1.03. The summed E-state index contributed by atoms with van der Waals surface area (Å²) in [5.74, 6) is -2.80. The van der Waals surface area contributed by atoms with Crippen LogP contribution in [0, 0.1) is 5.82 Å². The molecule has 8 nitrogen and oxygen atoms in total. The van der Waals surface area contributed by atoms with Crippen molar-refractivity contribution >= 4 is 17.4 Å². The Labute approximate surface area is 189 Å². The number of ether oxygens (including phenoxy) is 3. The second kappa shape index (κ2) is 9.11. The van der Waals surface area contributed by atoms with Crippen molar-refractivity contribution in [1.82, 2.24) is 4.90 Å². The van der Waals surface area contributed by atoms with Gasteiger partial charge in [0.05, 0.1) is 37.5 Å². The number of nitrogens with zero attached hydrogens (tertiary/aromatic N) is 1. The van der Waals surface area contributed by atoms with Crippen LogP contribution < -0.4 is 9.47 Å². The zero-order chi connectivity index (χ0) is 23.7. The molecule has 9 heteroatoms. The van der Waals surface area contributed by atoms with Crippen molar-refractivity contribution in [2.24, 2.45) is 0 Å². The van der Waals surface area contributed by atoms with Crippen LogP contribution in [-0.2, 0) is 14.3 Å². The quantitative estimate of drug-likeness (QED) is 0.390. The molecule has 2 N–H and O–H groups in total. The monoisotopic (exact) mass is 457 g/mol. The van der Waals surface area contributed by atoms with Gasteiger partial charge in [0, 0.05) is 13.2 Å². The van der Waals surface area contributed by atoms with E-state index in [1.807, 2.05) is 0 Å². The van der Waals surface area contributed by atoms with Gasteiger partial charge in [-0.15, -0.1) is 0 Å². The summed E-state index contributed by atoms with van der Waals surface area (Å²) in [6.45, 7) is 0.683. The number of ketones is 1. The van der Waals surface area contributed by atoms with Crippen LogP contribution in [0.3, 0.4) is 0 Å². The Morgan fingerprint density at radius 1 is 1.15 bits per heavy atom. The lowest BCUT2D eigenvalue weighted by Crippen LogP contribution is -2.36. The van der Waals surface area contributed by atoms with Crippen molar-refractivity contribution in [3.05, 3.63) is 58.9 Å². The highest BCUT2D eigenvalue weighted by Gasteiger charge is 2.47. The number of hydrogen-bond acceptors (Lipinski definition) is 7. The molecule has 2 aliphatic heterocycles. The summed E-state index contributed by atoms with van der Waals surface area (Å²) in [4.78, 5) is 27.5. The molecule has 0 saturated carbocycles. The highest BCUT2D eigenvalue weighted by molar-refractivity contribution is 6.46. The predicted molar refractivity (Wildman–Crippen MR) is 116 cm³/mol. The molecule has 0 bridgehead atoms. The van der Waals surface area contributed by atoms with Gasteiger partial charge in [0.2, 0.25) is 0 Å². The molecule has 4 rings (SSSR count). The molecule has 0 spiro atoms. The number of aromatic hydroxyl groups is 1. The molecule has 2 aliphatic rings. The van der Waals surface area contributed by atoms with Crippen LogP contribution in [0.1, 0.15) is 30.0 Å². The lowest BCUT2D eigenvalue weighted by atomic mass is 9.94. The lowest BCUT2D eigenvalue weighted by Gasteiger charge is -2.27. The number of hydrogen-bond donors (Lipinski definition) is 2. The van der Waals surface area contributed by atoms with Gasteiger partial charge in [-0.05, 0) is 48.7 Å². The minimum Gasteiger partial charge on any atom is -0.507 e. The molecule has 174 valence electrons. The number of benzene rings is 2. The van der Waals surface area contributed by atoms with Gasteiger partial charge in [0.15, 0.2) is 11.5 Å². The number of methoxy groups -OCH3 is 2. The van der Waals surface area contributed by atoms with Crippen molar-refractivity contribution in [2.45, 2.75) is 25.0 Å². The predicted octanol–water partition coefficient (Wildman–Crippen LogP) is 3.15. The molecule has 0 aliphatic carbocycles. The maximum absolute atomic E-state index is 14.0. The van der Waals surface area contributed by atoms with E-state index in [1.165, 1.54) is 37.3 Å². The van der Waals surface area contributed by atoms with E-state index in [9.17, 15) is 24.2 Å². The molecular formula is C24H24FNO7. The maximum atomic E-state index is 14.0. The summed E-state index contributed by atoms with van der Waals surface area (Å²) in [5, 5.41) is 21.5. The molecule has 2 saturated heterocycles. The topological polar surface area (TPSA) is 106 Å². The fourth-order valence-corrected chi connectivity index (χ4v) is 4.31. The lowest BCUT2D eigenvalue weighted by molar-refractivity contribution is -0.140. The van der Waals surface area contributed by atoms with Crippen molar-refractivity contribution in [3.8, 4) is 17.2 Å².